The van der Waals surface area contributed by atoms with Crippen molar-refractivity contribution >= 4 is 29.0 Å². The number of halogens is 2. The Morgan fingerprint density at radius 3 is 2.53 bits per heavy atom. The van der Waals surface area contributed by atoms with Gasteiger partial charge in [-0.3, -0.25) is 4.79 Å². The lowest BCUT2D eigenvalue weighted by Crippen LogP contribution is -2.27. The molecule has 1 aliphatic carbocycles. The van der Waals surface area contributed by atoms with Crippen molar-refractivity contribution in [1.29, 1.82) is 0 Å². The molecule has 17 heavy (non-hydrogen) atoms. The average molecular weight is 269 g/mol. The molecule has 3 heteroatoms. The van der Waals surface area contributed by atoms with E-state index in [-0.39, 0.29) is 22.7 Å². The molecule has 1 aromatic carbocycles. The summed E-state index contributed by atoms with van der Waals surface area (Å²) in [6, 6.07) is 10.2. The first-order chi connectivity index (χ1) is 8.09. The highest BCUT2D eigenvalue weighted by Crippen LogP contribution is 2.36. The Balaban J connectivity index is 2.16. The average Bonchev–Trinajstić information content (AvgIpc) is 2.35. The van der Waals surface area contributed by atoms with Gasteiger partial charge in [0.2, 0.25) is 0 Å². The summed E-state index contributed by atoms with van der Waals surface area (Å²) in [6.45, 7) is 1.93. The van der Waals surface area contributed by atoms with Crippen LogP contribution >= 0.6 is 23.2 Å². The summed E-state index contributed by atoms with van der Waals surface area (Å²) >= 11 is 11.9. The van der Waals surface area contributed by atoms with Crippen LogP contribution in [-0.2, 0) is 11.2 Å². The van der Waals surface area contributed by atoms with Gasteiger partial charge < -0.3 is 0 Å². The zero-order valence-electron chi connectivity index (χ0n) is 9.62. The first-order valence-corrected chi connectivity index (χ1v) is 6.47. The summed E-state index contributed by atoms with van der Waals surface area (Å²) in [5.74, 6) is 0.175. The van der Waals surface area contributed by atoms with Gasteiger partial charge in [-0.1, -0.05) is 60.5 Å². The first-order valence-electron chi connectivity index (χ1n) is 5.72. The van der Waals surface area contributed by atoms with Crippen molar-refractivity contribution in [3.63, 3.8) is 0 Å². The molecule has 0 aliphatic heterocycles. The van der Waals surface area contributed by atoms with Crippen molar-refractivity contribution in [1.82, 2.24) is 0 Å². The number of Topliss-reactive ketones (excluding diaryl/α,β-unsaturated/α-hetero) is 1. The normalized spacial score (nSPS) is 25.2. The first kappa shape index (κ1) is 12.7. The smallest absolute Gasteiger partial charge is 0.178 e. The SMILES string of the molecule is CC1C(=O)C(Cl)=C(Cl)CC1Cc1ccccc1. The van der Waals surface area contributed by atoms with Gasteiger partial charge in [-0.25, -0.2) is 0 Å². The summed E-state index contributed by atoms with van der Waals surface area (Å²) < 4.78 is 0. The molecule has 90 valence electrons. The van der Waals surface area contributed by atoms with Crippen molar-refractivity contribution in [3.05, 3.63) is 46.0 Å². The van der Waals surface area contributed by atoms with Crippen molar-refractivity contribution < 1.29 is 4.79 Å². The minimum atomic E-state index is -0.0507. The lowest BCUT2D eigenvalue weighted by Gasteiger charge is -2.27. The van der Waals surface area contributed by atoms with Crippen LogP contribution in [0.3, 0.4) is 0 Å². The molecule has 0 aromatic heterocycles. The molecule has 2 rings (SSSR count). The number of rotatable bonds is 2. The third-order valence-electron chi connectivity index (χ3n) is 3.36. The minimum absolute atomic E-state index is 0.0242. The molecule has 2 atom stereocenters. The van der Waals surface area contributed by atoms with Gasteiger partial charge in [0.15, 0.2) is 5.78 Å². The minimum Gasteiger partial charge on any atom is -0.293 e. The van der Waals surface area contributed by atoms with Crippen LogP contribution < -0.4 is 0 Å². The van der Waals surface area contributed by atoms with Crippen LogP contribution in [0.2, 0.25) is 0 Å². The molecule has 0 radical (unpaired) electrons. The number of ketones is 1. The van der Waals surface area contributed by atoms with Crippen molar-refractivity contribution in [2.24, 2.45) is 11.8 Å². The van der Waals surface area contributed by atoms with E-state index in [0.29, 0.717) is 11.5 Å². The van der Waals surface area contributed by atoms with Crippen LogP contribution in [0, 0.1) is 11.8 Å². The summed E-state index contributed by atoms with van der Waals surface area (Å²) in [5.41, 5.74) is 1.24. The molecule has 0 amide bonds. The Morgan fingerprint density at radius 2 is 1.88 bits per heavy atom. The Bertz CT molecular complexity index is 451. The fourth-order valence-electron chi connectivity index (χ4n) is 2.21. The fraction of sp³-hybridized carbons (Fsp3) is 0.357. The molecule has 2 unspecified atom stereocenters. The molecule has 1 aliphatic rings. The van der Waals surface area contributed by atoms with Crippen LogP contribution in [0.25, 0.3) is 0 Å². The standard InChI is InChI=1S/C14H14Cl2O/c1-9-11(7-10-5-3-2-4-6-10)8-12(15)13(16)14(9)17/h2-6,9,11H,7-8H2,1H3. The third kappa shape index (κ3) is 2.72. The fourth-order valence-corrected chi connectivity index (χ4v) is 2.75. The molecule has 0 heterocycles. The molecule has 0 saturated heterocycles. The van der Waals surface area contributed by atoms with Gasteiger partial charge in [0, 0.05) is 11.0 Å². The summed E-state index contributed by atoms with van der Waals surface area (Å²) in [4.78, 5) is 11.9. The Morgan fingerprint density at radius 1 is 1.24 bits per heavy atom. The van der Waals surface area contributed by atoms with Gasteiger partial charge in [-0.15, -0.1) is 0 Å². The second kappa shape index (κ2) is 5.24. The molecule has 0 saturated carbocycles. The van der Waals surface area contributed by atoms with Gasteiger partial charge in [0.1, 0.15) is 0 Å². The Hall–Kier alpha value is -0.790. The van der Waals surface area contributed by atoms with Crippen molar-refractivity contribution in [3.8, 4) is 0 Å². The van der Waals surface area contributed by atoms with Crippen LogP contribution in [-0.4, -0.2) is 5.78 Å². The molecule has 0 spiro atoms. The van der Waals surface area contributed by atoms with E-state index in [1.807, 2.05) is 25.1 Å². The number of benzene rings is 1. The Labute approximate surface area is 111 Å². The van der Waals surface area contributed by atoms with E-state index in [4.69, 9.17) is 23.2 Å². The largest absolute Gasteiger partial charge is 0.293 e. The molecule has 1 aromatic rings. The molecule has 0 N–H and O–H groups in total. The lowest BCUT2D eigenvalue weighted by molar-refractivity contribution is -0.120. The topological polar surface area (TPSA) is 17.1 Å². The molecular formula is C14H14Cl2O. The maximum Gasteiger partial charge on any atom is 0.178 e. The predicted molar refractivity (Wildman–Crippen MR) is 71.2 cm³/mol. The second-order valence-corrected chi connectivity index (χ2v) is 5.36. The van der Waals surface area contributed by atoms with Gasteiger partial charge in [-0.05, 0) is 24.3 Å². The van der Waals surface area contributed by atoms with E-state index in [2.05, 4.69) is 12.1 Å². The third-order valence-corrected chi connectivity index (χ3v) is 4.21. The van der Waals surface area contributed by atoms with E-state index in [1.165, 1.54) is 5.56 Å². The molecule has 0 bridgehead atoms. The number of carbonyl (C=O) groups is 1. The Kier molecular flexibility index (Phi) is 3.90. The monoisotopic (exact) mass is 268 g/mol. The number of hydrogen-bond donors (Lipinski definition) is 0. The van der Waals surface area contributed by atoms with Crippen LogP contribution in [0.15, 0.2) is 40.4 Å². The zero-order valence-corrected chi connectivity index (χ0v) is 11.1. The van der Waals surface area contributed by atoms with Gasteiger partial charge in [-0.2, -0.15) is 0 Å². The molecule has 0 fully saturated rings. The van der Waals surface area contributed by atoms with Crippen molar-refractivity contribution in [2.75, 3.05) is 0 Å². The summed E-state index contributed by atoms with van der Waals surface area (Å²) in [5, 5.41) is 0.735. The number of carbonyl (C=O) groups excluding carboxylic acids is 1. The quantitative estimate of drug-likeness (QED) is 0.788. The van der Waals surface area contributed by atoms with Gasteiger partial charge >= 0.3 is 0 Å². The highest BCUT2D eigenvalue weighted by Gasteiger charge is 2.32. The van der Waals surface area contributed by atoms with E-state index in [0.717, 1.165) is 6.42 Å². The van der Waals surface area contributed by atoms with Crippen molar-refractivity contribution in [2.45, 2.75) is 19.8 Å². The maximum absolute atomic E-state index is 11.9. The molecule has 1 nitrogen and oxygen atoms in total. The van der Waals surface area contributed by atoms with E-state index in [9.17, 15) is 4.79 Å². The summed E-state index contributed by atoms with van der Waals surface area (Å²) in [6.07, 6.45) is 1.57. The van der Waals surface area contributed by atoms with Crippen LogP contribution in [0.4, 0.5) is 0 Å². The van der Waals surface area contributed by atoms with Crippen LogP contribution in [0.5, 0.6) is 0 Å². The number of hydrogen-bond acceptors (Lipinski definition) is 1. The van der Waals surface area contributed by atoms with Gasteiger partial charge in [0.25, 0.3) is 0 Å². The van der Waals surface area contributed by atoms with E-state index >= 15 is 0 Å². The van der Waals surface area contributed by atoms with E-state index < -0.39 is 0 Å². The maximum atomic E-state index is 11.9. The lowest BCUT2D eigenvalue weighted by atomic mass is 9.79. The predicted octanol–water partition coefficient (Wildman–Crippen LogP) is 4.14. The van der Waals surface area contributed by atoms with E-state index in [1.54, 1.807) is 0 Å². The molecular weight excluding hydrogens is 255 g/mol. The highest BCUT2D eigenvalue weighted by atomic mass is 35.5. The zero-order chi connectivity index (χ0) is 12.4. The number of allylic oxidation sites excluding steroid dienone is 2. The van der Waals surface area contributed by atoms with Crippen LogP contribution in [0.1, 0.15) is 18.9 Å². The second-order valence-electron chi connectivity index (χ2n) is 4.53. The summed E-state index contributed by atoms with van der Waals surface area (Å²) in [7, 11) is 0. The van der Waals surface area contributed by atoms with Gasteiger partial charge in [0.05, 0.1) is 5.03 Å². The highest BCUT2D eigenvalue weighted by molar-refractivity contribution is 6.48.